The van der Waals surface area contributed by atoms with Crippen molar-refractivity contribution in [2.45, 2.75) is 25.7 Å². The maximum atomic E-state index is 11.5. The Morgan fingerprint density at radius 3 is 2.85 bits per heavy atom. The smallest absolute Gasteiger partial charge is 0.255 e. The van der Waals surface area contributed by atoms with Gasteiger partial charge in [-0.25, -0.2) is 0 Å². The summed E-state index contributed by atoms with van der Waals surface area (Å²) in [6.45, 7) is 0. The first-order valence-corrected chi connectivity index (χ1v) is 4.92. The largest absolute Gasteiger partial charge is 0.325 e. The highest BCUT2D eigenvalue weighted by molar-refractivity contribution is 7.71. The SMILES string of the molecule is Cn1c2c(c(=O)[nH]c1=S)CCCC2. The lowest BCUT2D eigenvalue weighted by atomic mass is 9.97. The lowest BCUT2D eigenvalue weighted by Crippen LogP contribution is -2.24. The van der Waals surface area contributed by atoms with Crippen LogP contribution in [0.4, 0.5) is 0 Å². The first kappa shape index (κ1) is 8.69. The summed E-state index contributed by atoms with van der Waals surface area (Å²) in [5.41, 5.74) is 2.07. The van der Waals surface area contributed by atoms with Gasteiger partial charge in [-0.2, -0.15) is 0 Å². The number of fused-ring (bicyclic) bond motifs is 1. The summed E-state index contributed by atoms with van der Waals surface area (Å²) in [6, 6.07) is 0. The molecule has 13 heavy (non-hydrogen) atoms. The van der Waals surface area contributed by atoms with Crippen LogP contribution in [0, 0.1) is 4.77 Å². The van der Waals surface area contributed by atoms with Gasteiger partial charge in [0.25, 0.3) is 5.56 Å². The van der Waals surface area contributed by atoms with Crippen LogP contribution < -0.4 is 5.56 Å². The highest BCUT2D eigenvalue weighted by Crippen LogP contribution is 2.16. The van der Waals surface area contributed by atoms with E-state index in [0.717, 1.165) is 30.5 Å². The van der Waals surface area contributed by atoms with Crippen molar-refractivity contribution >= 4 is 12.2 Å². The summed E-state index contributed by atoms with van der Waals surface area (Å²) in [4.78, 5) is 14.2. The fourth-order valence-corrected chi connectivity index (χ4v) is 2.09. The van der Waals surface area contributed by atoms with Gasteiger partial charge in [0.1, 0.15) is 0 Å². The second-order valence-electron chi connectivity index (χ2n) is 3.45. The third-order valence-corrected chi connectivity index (χ3v) is 3.02. The number of nitrogens with zero attached hydrogens (tertiary/aromatic N) is 1. The van der Waals surface area contributed by atoms with Gasteiger partial charge in [0, 0.05) is 18.3 Å². The zero-order valence-corrected chi connectivity index (χ0v) is 8.41. The molecule has 1 N–H and O–H groups in total. The van der Waals surface area contributed by atoms with E-state index in [-0.39, 0.29) is 5.56 Å². The molecule has 70 valence electrons. The van der Waals surface area contributed by atoms with Crippen LogP contribution in [0.1, 0.15) is 24.1 Å². The first-order chi connectivity index (χ1) is 6.20. The molecule has 0 atom stereocenters. The zero-order chi connectivity index (χ0) is 9.42. The quantitative estimate of drug-likeness (QED) is 0.635. The molecular weight excluding hydrogens is 184 g/mol. The molecule has 1 heterocycles. The van der Waals surface area contributed by atoms with Gasteiger partial charge in [0.05, 0.1) is 0 Å². The van der Waals surface area contributed by atoms with Crippen molar-refractivity contribution in [2.24, 2.45) is 7.05 Å². The molecule has 0 bridgehead atoms. The van der Waals surface area contributed by atoms with E-state index < -0.39 is 0 Å². The van der Waals surface area contributed by atoms with Gasteiger partial charge >= 0.3 is 0 Å². The third kappa shape index (κ3) is 1.35. The predicted octanol–water partition coefficient (Wildman–Crippen LogP) is 1.32. The highest BCUT2D eigenvalue weighted by Gasteiger charge is 2.14. The summed E-state index contributed by atoms with van der Waals surface area (Å²) in [7, 11) is 1.92. The third-order valence-electron chi connectivity index (χ3n) is 2.64. The van der Waals surface area contributed by atoms with Crippen LogP contribution in [0.5, 0.6) is 0 Å². The van der Waals surface area contributed by atoms with Crippen molar-refractivity contribution in [3.05, 3.63) is 26.4 Å². The second kappa shape index (κ2) is 3.10. The lowest BCUT2D eigenvalue weighted by molar-refractivity contribution is 0.610. The molecule has 0 amide bonds. The number of hydrogen-bond donors (Lipinski definition) is 1. The van der Waals surface area contributed by atoms with Crippen molar-refractivity contribution in [2.75, 3.05) is 0 Å². The Balaban J connectivity index is 2.77. The van der Waals surface area contributed by atoms with E-state index in [9.17, 15) is 4.79 Å². The van der Waals surface area contributed by atoms with Crippen LogP contribution in [0.2, 0.25) is 0 Å². The van der Waals surface area contributed by atoms with Crippen LogP contribution in [0.25, 0.3) is 0 Å². The van der Waals surface area contributed by atoms with Crippen molar-refractivity contribution in [1.29, 1.82) is 0 Å². The molecule has 0 aromatic carbocycles. The Morgan fingerprint density at radius 2 is 2.08 bits per heavy atom. The Bertz CT molecular complexity index is 444. The van der Waals surface area contributed by atoms with Gasteiger partial charge in [0.15, 0.2) is 4.77 Å². The van der Waals surface area contributed by atoms with E-state index in [2.05, 4.69) is 4.98 Å². The minimum atomic E-state index is 0.0119. The van der Waals surface area contributed by atoms with Crippen molar-refractivity contribution in [1.82, 2.24) is 9.55 Å². The average molecular weight is 196 g/mol. The molecule has 0 spiro atoms. The molecule has 4 heteroatoms. The van der Waals surface area contributed by atoms with Crippen molar-refractivity contribution in [3.8, 4) is 0 Å². The molecule has 3 nitrogen and oxygen atoms in total. The van der Waals surface area contributed by atoms with Crippen LogP contribution in [0.15, 0.2) is 4.79 Å². The predicted molar refractivity (Wildman–Crippen MR) is 53.5 cm³/mol. The molecule has 0 unspecified atom stereocenters. The van der Waals surface area contributed by atoms with Gasteiger partial charge in [-0.3, -0.25) is 9.78 Å². The number of rotatable bonds is 0. The van der Waals surface area contributed by atoms with E-state index in [1.807, 2.05) is 11.6 Å². The maximum Gasteiger partial charge on any atom is 0.255 e. The number of aromatic amines is 1. The van der Waals surface area contributed by atoms with Crippen LogP contribution in [0.3, 0.4) is 0 Å². The summed E-state index contributed by atoms with van der Waals surface area (Å²) in [5, 5.41) is 0. The van der Waals surface area contributed by atoms with Crippen LogP contribution in [-0.2, 0) is 19.9 Å². The maximum absolute atomic E-state index is 11.5. The summed E-state index contributed by atoms with van der Waals surface area (Å²) in [6.07, 6.45) is 4.17. The number of hydrogen-bond acceptors (Lipinski definition) is 2. The fraction of sp³-hybridized carbons (Fsp3) is 0.556. The van der Waals surface area contributed by atoms with Gasteiger partial charge in [-0.15, -0.1) is 0 Å². The Labute approximate surface area is 81.4 Å². The first-order valence-electron chi connectivity index (χ1n) is 4.51. The molecule has 2 rings (SSSR count). The molecule has 0 radical (unpaired) electrons. The van der Waals surface area contributed by atoms with E-state index in [4.69, 9.17) is 12.2 Å². The molecule has 1 aliphatic rings. The minimum Gasteiger partial charge on any atom is -0.325 e. The van der Waals surface area contributed by atoms with Gasteiger partial charge in [0.2, 0.25) is 0 Å². The minimum absolute atomic E-state index is 0.0119. The normalized spacial score (nSPS) is 15.5. The number of aromatic nitrogens is 2. The van der Waals surface area contributed by atoms with Gasteiger partial charge < -0.3 is 4.57 Å². The molecular formula is C9H12N2OS. The molecule has 0 fully saturated rings. The molecule has 1 aliphatic carbocycles. The standard InChI is InChI=1S/C9H12N2OS/c1-11-7-5-3-2-4-6(7)8(12)10-9(11)13/h2-5H2,1H3,(H,10,12,13). The topological polar surface area (TPSA) is 37.8 Å². The zero-order valence-electron chi connectivity index (χ0n) is 7.59. The Hall–Kier alpha value is -0.900. The van der Waals surface area contributed by atoms with Crippen molar-refractivity contribution in [3.63, 3.8) is 0 Å². The average Bonchev–Trinajstić information content (AvgIpc) is 2.15. The molecule has 1 aromatic rings. The van der Waals surface area contributed by atoms with Crippen molar-refractivity contribution < 1.29 is 0 Å². The molecule has 0 saturated carbocycles. The Kier molecular flexibility index (Phi) is 2.07. The highest BCUT2D eigenvalue weighted by atomic mass is 32.1. The Morgan fingerprint density at radius 1 is 1.38 bits per heavy atom. The van der Waals surface area contributed by atoms with Crippen LogP contribution in [-0.4, -0.2) is 9.55 Å². The lowest BCUT2D eigenvalue weighted by Gasteiger charge is -2.17. The number of nitrogens with one attached hydrogen (secondary N) is 1. The van der Waals surface area contributed by atoms with E-state index in [0.29, 0.717) is 4.77 Å². The second-order valence-corrected chi connectivity index (χ2v) is 3.84. The van der Waals surface area contributed by atoms with Crippen LogP contribution >= 0.6 is 12.2 Å². The van der Waals surface area contributed by atoms with Gasteiger partial charge in [-0.1, -0.05) is 0 Å². The summed E-state index contributed by atoms with van der Waals surface area (Å²) >= 11 is 5.03. The van der Waals surface area contributed by atoms with Gasteiger partial charge in [-0.05, 0) is 37.9 Å². The summed E-state index contributed by atoms with van der Waals surface area (Å²) < 4.78 is 2.45. The summed E-state index contributed by atoms with van der Waals surface area (Å²) in [5.74, 6) is 0. The van der Waals surface area contributed by atoms with E-state index >= 15 is 0 Å². The molecule has 0 saturated heterocycles. The molecule has 0 aliphatic heterocycles. The molecule has 1 aromatic heterocycles. The fourth-order valence-electron chi connectivity index (χ4n) is 1.88. The van der Waals surface area contributed by atoms with E-state index in [1.54, 1.807) is 0 Å². The number of H-pyrrole nitrogens is 1. The van der Waals surface area contributed by atoms with E-state index in [1.165, 1.54) is 6.42 Å². The monoisotopic (exact) mass is 196 g/mol.